The van der Waals surface area contributed by atoms with Crippen LogP contribution < -0.4 is 0 Å². The Morgan fingerprint density at radius 2 is 1.25 bits per heavy atom. The van der Waals surface area contributed by atoms with E-state index in [9.17, 15) is 0 Å². The molecular formula is I2KU. The molecule has 4 heteroatoms. The second-order valence-electron chi connectivity index (χ2n) is 0.0714. The fourth-order valence-electron chi connectivity index (χ4n) is 0. The summed E-state index contributed by atoms with van der Waals surface area (Å²) in [5.74, 6) is 0. The van der Waals surface area contributed by atoms with E-state index in [1.165, 1.54) is 0 Å². The van der Waals surface area contributed by atoms with E-state index in [4.69, 9.17) is 0 Å². The number of halogens is 2. The molecule has 0 saturated heterocycles. The van der Waals surface area contributed by atoms with Gasteiger partial charge in [0.2, 0.25) is 0 Å². The maximum Gasteiger partial charge on any atom is 0 e. The van der Waals surface area contributed by atoms with Gasteiger partial charge >= 0.3 is 52.0 Å². The average Bonchev–Trinajstić information content (AvgIpc) is 0.918. The summed E-state index contributed by atoms with van der Waals surface area (Å²) < 4.78 is 0. The first-order valence-electron chi connectivity index (χ1n) is 0.378. The topological polar surface area (TPSA) is 0 Å². The molecule has 0 rings (SSSR count). The van der Waals surface area contributed by atoms with Crippen molar-refractivity contribution < 1.29 is 18.5 Å². The van der Waals surface area contributed by atoms with Crippen LogP contribution in [0.3, 0.4) is 0 Å². The minimum absolute atomic E-state index is 0. The summed E-state index contributed by atoms with van der Waals surface area (Å²) in [7, 11) is 0. The van der Waals surface area contributed by atoms with Crippen LogP contribution in [-0.4, -0.2) is 51.4 Å². The van der Waals surface area contributed by atoms with Crippen LogP contribution in [0.1, 0.15) is 0 Å². The Morgan fingerprint density at radius 3 is 1.25 bits per heavy atom. The molecule has 0 aliphatic carbocycles. The Labute approximate surface area is 99.4 Å². The van der Waals surface area contributed by atoms with Crippen LogP contribution >= 0.6 is 33.5 Å². The van der Waals surface area contributed by atoms with Crippen molar-refractivity contribution in [1.29, 1.82) is 0 Å². The van der Waals surface area contributed by atoms with Crippen molar-refractivity contribution in [3.63, 3.8) is 0 Å². The zero-order chi connectivity index (χ0) is 2.71. The standard InChI is InChI=1S/2HI.K.U/h2*1H;;/q;;;+2/p-2. The van der Waals surface area contributed by atoms with Crippen molar-refractivity contribution in [3.05, 3.63) is 0 Å². The Morgan fingerprint density at radius 1 is 1.25 bits per heavy atom. The Kier molecular flexibility index (Phi) is 28.1. The first kappa shape index (κ1) is 11.0. The van der Waals surface area contributed by atoms with Crippen LogP contribution in [0, 0.1) is 18.5 Å². The Balaban J connectivity index is 0. The molecular weight excluding hydrogens is 531 g/mol. The van der Waals surface area contributed by atoms with Gasteiger partial charge in [-0.2, -0.15) is 0 Å². The largest absolute Gasteiger partial charge is 0 e. The fraction of sp³-hybridized carbons (Fsp3) is 0. The van der Waals surface area contributed by atoms with Gasteiger partial charge in [-0.15, -0.1) is 0 Å². The third kappa shape index (κ3) is 9.47. The molecule has 0 spiro atoms. The van der Waals surface area contributed by atoms with Gasteiger partial charge in [0.25, 0.3) is 0 Å². The normalized spacial score (nSPS) is 2.50. The molecule has 0 saturated carbocycles. The van der Waals surface area contributed by atoms with E-state index in [1.807, 2.05) is 0 Å². The molecule has 0 bridgehead atoms. The summed E-state index contributed by atoms with van der Waals surface area (Å²) in [5, 5.41) is 0. The molecule has 0 heterocycles. The molecule has 0 N–H and O–H groups in total. The number of rotatable bonds is 0. The van der Waals surface area contributed by atoms with Crippen LogP contribution in [0.15, 0.2) is 0 Å². The molecule has 0 fully saturated rings. The zero-order valence-electron chi connectivity index (χ0n) is 2.26. The summed E-state index contributed by atoms with van der Waals surface area (Å²) in [6, 6.07) is 0. The molecule has 1 radical (unpaired) electrons. The van der Waals surface area contributed by atoms with Crippen molar-refractivity contribution in [2.75, 3.05) is 0 Å². The van der Waals surface area contributed by atoms with Crippen molar-refractivity contribution in [3.8, 4) is 0 Å². The summed E-state index contributed by atoms with van der Waals surface area (Å²) >= 11 is 4.90. The van der Waals surface area contributed by atoms with Gasteiger partial charge in [-0.1, -0.05) is 0 Å². The van der Waals surface area contributed by atoms with Crippen molar-refractivity contribution in [2.45, 2.75) is 0 Å². The predicted octanol–water partition coefficient (Wildman–Crippen LogP) is 1.39. The minimum Gasteiger partial charge on any atom is 0 e. The summed E-state index contributed by atoms with van der Waals surface area (Å²) in [6.45, 7) is 0. The van der Waals surface area contributed by atoms with Crippen LogP contribution in [-0.2, 0) is 0 Å². The molecule has 0 aromatic carbocycles. The second-order valence-corrected chi connectivity index (χ2v) is 30.0. The van der Waals surface area contributed by atoms with E-state index in [-0.39, 0.29) is 69.8 Å². The molecule has 0 amide bonds. The van der Waals surface area contributed by atoms with Gasteiger partial charge in [0.15, 0.2) is 0 Å². The quantitative estimate of drug-likeness (QED) is 0.328. The third-order valence-electron chi connectivity index (χ3n) is 0. The SMILES string of the molecule is [I][U][I].[K]. The van der Waals surface area contributed by atoms with Crippen LogP contribution in [0.2, 0.25) is 0 Å². The maximum absolute atomic E-state index is 2.48. The van der Waals surface area contributed by atoms with Crippen molar-refractivity contribution in [1.82, 2.24) is 0 Å². The van der Waals surface area contributed by atoms with E-state index in [1.54, 1.807) is 0 Å². The van der Waals surface area contributed by atoms with Gasteiger partial charge in [0.1, 0.15) is 0 Å². The van der Waals surface area contributed by atoms with Gasteiger partial charge in [0, 0.05) is 51.4 Å². The van der Waals surface area contributed by atoms with Gasteiger partial charge < -0.3 is 0 Å². The van der Waals surface area contributed by atoms with Gasteiger partial charge in [-0.05, 0) is 0 Å². The Hall–Kier alpha value is 4.15. The predicted molar refractivity (Wildman–Crippen MR) is 33.8 cm³/mol. The minimum atomic E-state index is -0.0651. The molecule has 0 aliphatic rings. The Bertz CT molecular complexity index is 6.00. The van der Waals surface area contributed by atoms with Crippen molar-refractivity contribution in [2.24, 2.45) is 0 Å². The average molecular weight is 531 g/mol. The van der Waals surface area contributed by atoms with E-state index < -0.39 is 0 Å². The second kappa shape index (κ2) is 10.2. The fourth-order valence-corrected chi connectivity index (χ4v) is 0. The molecule has 0 nitrogen and oxygen atoms in total. The summed E-state index contributed by atoms with van der Waals surface area (Å²) in [4.78, 5) is 0. The molecule has 0 unspecified atom stereocenters. The monoisotopic (exact) mass is 531 g/mol. The summed E-state index contributed by atoms with van der Waals surface area (Å²) in [6.07, 6.45) is 0. The van der Waals surface area contributed by atoms with Crippen LogP contribution in [0.4, 0.5) is 0 Å². The van der Waals surface area contributed by atoms with E-state index in [2.05, 4.69) is 33.5 Å². The molecule has 0 aromatic heterocycles. The number of hydrogen-bond donors (Lipinski definition) is 0. The van der Waals surface area contributed by atoms with Gasteiger partial charge in [-0.3, -0.25) is 0 Å². The zero-order valence-corrected chi connectivity index (χ0v) is 13.9. The van der Waals surface area contributed by atoms with E-state index in [0.29, 0.717) is 0 Å². The number of hydrogen-bond acceptors (Lipinski definition) is 0. The van der Waals surface area contributed by atoms with Crippen LogP contribution in [0.5, 0.6) is 0 Å². The summed E-state index contributed by atoms with van der Waals surface area (Å²) in [5.41, 5.74) is 0. The smallest absolute Gasteiger partial charge is 0 e. The third-order valence-corrected chi connectivity index (χ3v) is 0. The van der Waals surface area contributed by atoms with Crippen LogP contribution in [0.25, 0.3) is 0 Å². The van der Waals surface area contributed by atoms with Gasteiger partial charge in [0.05, 0.1) is 0 Å². The molecule has 0 aromatic rings. The van der Waals surface area contributed by atoms with E-state index >= 15 is 0 Å². The molecule has 0 atom stereocenters. The van der Waals surface area contributed by atoms with Gasteiger partial charge in [-0.25, -0.2) is 0 Å². The van der Waals surface area contributed by atoms with E-state index in [0.717, 1.165) is 0 Å². The maximum atomic E-state index is 2.48. The first-order valence-corrected chi connectivity index (χ1v) is 23.6. The first-order chi connectivity index (χ1) is 1.41. The molecule has 4 heavy (non-hydrogen) atoms. The molecule has 0 aliphatic heterocycles. The molecule has 19 valence electrons. The van der Waals surface area contributed by atoms with Crippen molar-refractivity contribution >= 4 is 84.9 Å².